The average Bonchev–Trinajstić information content (AvgIpc) is 1.72. The fourth-order valence-electron chi connectivity index (χ4n) is 10.9. The lowest BCUT2D eigenvalue weighted by Gasteiger charge is -2.32. The molecule has 2 saturated heterocycles. The second-order valence-electron chi connectivity index (χ2n) is 21.6. The number of para-hydroxylation sites is 2. The molecular weight excluding hydrogens is 1170 g/mol. The Morgan fingerprint density at radius 1 is 0.713 bits per heavy atom. The molecule has 8 N–H and O–H groups in total. The zero-order chi connectivity index (χ0) is 62.2. The number of nitrogens with zero attached hydrogens (tertiary/aromatic N) is 5. The maximum atomic E-state index is 14.9. The van der Waals surface area contributed by atoms with Crippen LogP contribution in [0.3, 0.4) is 0 Å². The summed E-state index contributed by atoms with van der Waals surface area (Å²) in [4.78, 5) is 92.8. The van der Waals surface area contributed by atoms with E-state index in [4.69, 9.17) is 14.2 Å². The highest BCUT2D eigenvalue weighted by molar-refractivity contribution is 7.94. The summed E-state index contributed by atoms with van der Waals surface area (Å²) in [5.41, 5.74) is 4.66. The number of carboxylic acid groups (broad SMARTS) is 2. The fraction of sp³-hybridized carbons (Fsp3) is 0.373. The molecule has 1 aromatic heterocycles. The largest absolute Gasteiger partial charge is 0.495 e. The van der Waals surface area contributed by atoms with Crippen LogP contribution in [0, 0.1) is 19.8 Å². The monoisotopic (exact) mass is 1230 g/mol. The van der Waals surface area contributed by atoms with Gasteiger partial charge in [0.1, 0.15) is 37.1 Å². The number of anilines is 4. The maximum Gasteiger partial charge on any atom is 0.342 e. The average molecular weight is 1230 g/mol. The number of nitrogens with one attached hydrogen (secondary N) is 6. The van der Waals surface area contributed by atoms with E-state index in [-0.39, 0.29) is 61.3 Å². The van der Waals surface area contributed by atoms with E-state index in [9.17, 15) is 55.8 Å². The van der Waals surface area contributed by atoms with Crippen LogP contribution >= 0.6 is 0 Å². The van der Waals surface area contributed by atoms with Crippen molar-refractivity contribution in [2.45, 2.75) is 106 Å². The van der Waals surface area contributed by atoms with Crippen LogP contribution in [0.2, 0.25) is 0 Å². The Bertz CT molecular complexity index is 3720. The molecule has 0 bridgehead atoms. The molecule has 4 aliphatic heterocycles. The maximum absolute atomic E-state index is 14.9. The number of aliphatic imine (C=N–C) groups is 2. The number of likely N-dealkylation sites (tertiary alicyclic amines) is 2. The molecule has 9 rings (SSSR count). The molecule has 0 saturated carbocycles. The minimum atomic E-state index is -5.65. The number of urea groups is 2. The molecule has 6 amide bonds. The molecule has 0 aliphatic carbocycles. The number of aromatic nitrogens is 1. The van der Waals surface area contributed by atoms with E-state index in [2.05, 4.69) is 36.2 Å². The summed E-state index contributed by atoms with van der Waals surface area (Å²) in [6.45, 7) is 5.51. The normalized spacial score (nSPS) is 20.2. The van der Waals surface area contributed by atoms with Crippen molar-refractivity contribution >= 4 is 90.4 Å². The molecule has 0 radical (unpaired) electrons. The molecule has 7 atom stereocenters. The number of carboxylic acids is 2. The number of sulfonamides is 2. The van der Waals surface area contributed by atoms with Gasteiger partial charge >= 0.3 is 24.0 Å². The molecule has 0 spiro atoms. The molecular formula is C59H67N11O15S2. The van der Waals surface area contributed by atoms with E-state index >= 15 is 0 Å². The van der Waals surface area contributed by atoms with E-state index in [1.165, 1.54) is 36.4 Å². The first-order valence-electron chi connectivity index (χ1n) is 28.0. The van der Waals surface area contributed by atoms with Crippen LogP contribution in [0.25, 0.3) is 0 Å². The Hall–Kier alpha value is -8.99. The van der Waals surface area contributed by atoms with Gasteiger partial charge in [-0.05, 0) is 104 Å². The third-order valence-corrected chi connectivity index (χ3v) is 19.0. The molecule has 7 unspecified atom stereocenters. The van der Waals surface area contributed by atoms with Crippen molar-refractivity contribution in [3.05, 3.63) is 138 Å². The van der Waals surface area contributed by atoms with Gasteiger partial charge in [-0.2, -0.15) is 9.44 Å². The summed E-state index contributed by atoms with van der Waals surface area (Å²) >= 11 is 0. The smallest absolute Gasteiger partial charge is 0.342 e. The Balaban J connectivity index is 0.877. The SMILES string of the molecule is COc1cc(CC(=O)N2CCCC2C2=NC(CC(NS(=O)(=O)c3ccccc3)(C(=O)O)S(=O)(=O)NC(CC3COC(C4C(C)CCN4C(=O)Cc4ccc(NC(=O)Nc5ccccc5C)cn4)=N3)C(=O)O)CO2)ccc1NC(=O)Nc1ccccc1C. The lowest BCUT2D eigenvalue weighted by molar-refractivity contribution is -0.142. The van der Waals surface area contributed by atoms with Gasteiger partial charge in [-0.15, -0.1) is 0 Å². The zero-order valence-electron chi connectivity index (χ0n) is 48.0. The number of aryl methyl sites for hydroxylation is 2. The van der Waals surface area contributed by atoms with Crippen LogP contribution < -0.4 is 35.4 Å². The Morgan fingerprint density at radius 2 is 1.33 bits per heavy atom. The number of ether oxygens (including phenoxy) is 3. The van der Waals surface area contributed by atoms with Gasteiger partial charge in [-0.3, -0.25) is 19.4 Å². The molecule has 460 valence electrons. The van der Waals surface area contributed by atoms with Crippen molar-refractivity contribution in [3.63, 3.8) is 0 Å². The predicted molar refractivity (Wildman–Crippen MR) is 320 cm³/mol. The summed E-state index contributed by atoms with van der Waals surface area (Å²) in [6, 6.07) is 22.0. The molecule has 5 aromatic rings. The quantitative estimate of drug-likeness (QED) is 0.0399. The Labute approximate surface area is 502 Å². The highest BCUT2D eigenvalue weighted by Crippen LogP contribution is 2.34. The van der Waals surface area contributed by atoms with Crippen LogP contribution in [0.4, 0.5) is 32.3 Å². The van der Waals surface area contributed by atoms with Crippen molar-refractivity contribution in [2.24, 2.45) is 15.9 Å². The first-order chi connectivity index (χ1) is 41.5. The van der Waals surface area contributed by atoms with Gasteiger partial charge in [-0.1, -0.05) is 67.6 Å². The summed E-state index contributed by atoms with van der Waals surface area (Å²) in [5, 5.41) is 32.6. The lowest BCUT2D eigenvalue weighted by Crippen LogP contribution is -2.66. The van der Waals surface area contributed by atoms with E-state index in [1.807, 2.05) is 54.5 Å². The molecule has 26 nitrogen and oxygen atoms in total. The number of carbonyl (C=O) groups excluding carboxylic acids is 4. The topological polar surface area (TPSA) is 355 Å². The molecule has 5 heterocycles. The summed E-state index contributed by atoms with van der Waals surface area (Å²) in [5.74, 6) is -4.44. The van der Waals surface area contributed by atoms with E-state index in [1.54, 1.807) is 59.5 Å². The third-order valence-electron chi connectivity index (χ3n) is 15.5. The van der Waals surface area contributed by atoms with Crippen LogP contribution in [0.15, 0.2) is 130 Å². The van der Waals surface area contributed by atoms with Crippen LogP contribution in [0.1, 0.15) is 61.4 Å². The lowest BCUT2D eigenvalue weighted by atomic mass is 10.0. The first-order valence-corrected chi connectivity index (χ1v) is 31.0. The van der Waals surface area contributed by atoms with Crippen LogP contribution in [-0.4, -0.2) is 158 Å². The number of rotatable bonds is 23. The number of benzene rings is 4. The third kappa shape index (κ3) is 14.6. The number of aliphatic carboxylic acids is 2. The molecule has 28 heteroatoms. The van der Waals surface area contributed by atoms with Gasteiger partial charge in [-0.25, -0.2) is 41.2 Å². The minimum absolute atomic E-state index is 0.0197. The second-order valence-corrected chi connectivity index (χ2v) is 25.2. The number of amides is 6. The Morgan fingerprint density at radius 3 is 1.98 bits per heavy atom. The van der Waals surface area contributed by atoms with Crippen LogP contribution in [0.5, 0.6) is 5.75 Å². The van der Waals surface area contributed by atoms with Gasteiger partial charge < -0.3 is 55.5 Å². The number of methoxy groups -OCH3 is 1. The fourth-order valence-corrected chi connectivity index (χ4v) is 14.3. The van der Waals surface area contributed by atoms with Gasteiger partial charge in [0.15, 0.2) is 0 Å². The molecule has 2 fully saturated rings. The molecule has 4 aliphatic rings. The molecule has 4 aromatic carbocycles. The van der Waals surface area contributed by atoms with Crippen molar-refractivity contribution in [3.8, 4) is 5.75 Å². The van der Waals surface area contributed by atoms with Crippen molar-refractivity contribution in [1.29, 1.82) is 0 Å². The summed E-state index contributed by atoms with van der Waals surface area (Å²) < 4.78 is 79.2. The van der Waals surface area contributed by atoms with Gasteiger partial charge in [0, 0.05) is 43.0 Å². The van der Waals surface area contributed by atoms with E-state index in [0.717, 1.165) is 23.3 Å². The second kappa shape index (κ2) is 26.7. The van der Waals surface area contributed by atoms with Gasteiger partial charge in [0.25, 0.3) is 0 Å². The predicted octanol–water partition coefficient (Wildman–Crippen LogP) is 5.52. The van der Waals surface area contributed by atoms with Gasteiger partial charge in [0.2, 0.25) is 48.5 Å². The summed E-state index contributed by atoms with van der Waals surface area (Å²) in [6.07, 6.45) is 0.900. The van der Waals surface area contributed by atoms with Crippen molar-refractivity contribution < 1.29 is 70.0 Å². The first kappa shape index (κ1) is 62.5. The summed E-state index contributed by atoms with van der Waals surface area (Å²) in [7, 11) is -9.25. The number of hydrogen-bond donors (Lipinski definition) is 8. The van der Waals surface area contributed by atoms with Gasteiger partial charge in [0.05, 0.1) is 54.5 Å². The number of carbonyl (C=O) groups is 6. The Kier molecular flexibility index (Phi) is 19.2. The van der Waals surface area contributed by atoms with Crippen molar-refractivity contribution in [2.75, 3.05) is 54.7 Å². The number of hydrogen-bond acceptors (Lipinski definition) is 16. The van der Waals surface area contributed by atoms with Crippen molar-refractivity contribution in [1.82, 2.24) is 24.2 Å². The molecule has 87 heavy (non-hydrogen) atoms. The van der Waals surface area contributed by atoms with Crippen LogP contribution in [-0.2, 0) is 61.5 Å². The van der Waals surface area contributed by atoms with E-state index in [0.29, 0.717) is 59.8 Å². The minimum Gasteiger partial charge on any atom is -0.495 e. The highest BCUT2D eigenvalue weighted by atomic mass is 32.2. The highest BCUT2D eigenvalue weighted by Gasteiger charge is 2.57. The standard InChI is InChI=1S/C59H67N11O15S2/c1-35-13-8-10-17-44(35)64-57(77)63-40-22-21-39(60-32-40)30-51(72)70-26-24-37(3)52(70)54-61-41(33-85-54)29-47(55(73)74)67-87(81,82)59(56(75)76,68-86(79,80)43-15-6-5-7-16-43)31-42-34-84-53(62-42)48-19-12-25-69(48)50(71)28-38-20-23-46(49(27-38)83-4)66-58(78)65-45-18-11-9-14-36(45)2/h5-11,13-18,20-23,27,32,37,41-42,47-48,52,67-68H,12,19,24-26,28-31,33-34H2,1-4H3,(H,73,74)(H,75,76)(H2,63,64,77)(H2,65,66,78). The number of pyridine rings is 1. The van der Waals surface area contributed by atoms with E-state index < -0.39 is 103 Å². The zero-order valence-corrected chi connectivity index (χ0v) is 49.6.